The summed E-state index contributed by atoms with van der Waals surface area (Å²) in [5, 5.41) is 9.26. The van der Waals surface area contributed by atoms with Crippen LogP contribution in [0.2, 0.25) is 0 Å². The normalized spacial score (nSPS) is 10.3. The molecule has 1 aromatic carbocycles. The van der Waals surface area contributed by atoms with Crippen LogP contribution in [0.3, 0.4) is 0 Å². The van der Waals surface area contributed by atoms with E-state index >= 15 is 0 Å². The van der Waals surface area contributed by atoms with Gasteiger partial charge in [0, 0.05) is 13.0 Å². The number of hydrogen-bond acceptors (Lipinski definition) is 4. The first-order valence-electron chi connectivity index (χ1n) is 6.47. The molecule has 6 heteroatoms. The Balaban J connectivity index is 1.75. The molecule has 1 heterocycles. The van der Waals surface area contributed by atoms with Gasteiger partial charge in [0.15, 0.2) is 6.61 Å². The smallest absolute Gasteiger partial charge is 0.257 e. The van der Waals surface area contributed by atoms with Gasteiger partial charge in [-0.25, -0.2) is 4.98 Å². The fourth-order valence-electron chi connectivity index (χ4n) is 1.89. The van der Waals surface area contributed by atoms with Gasteiger partial charge in [0.25, 0.3) is 5.91 Å². The number of carbonyl (C=O) groups is 1. The van der Waals surface area contributed by atoms with Gasteiger partial charge in [0.05, 0.1) is 0 Å². The number of ether oxygens (including phenoxy) is 1. The van der Waals surface area contributed by atoms with Crippen molar-refractivity contribution in [2.45, 2.75) is 20.3 Å². The number of aromatic amines is 1. The lowest BCUT2D eigenvalue weighted by molar-refractivity contribution is -0.123. The molecule has 0 aliphatic rings. The zero-order valence-electron chi connectivity index (χ0n) is 11.6. The quantitative estimate of drug-likeness (QED) is 0.828. The number of aryl methyl sites for hydroxylation is 2. The van der Waals surface area contributed by atoms with E-state index < -0.39 is 0 Å². The lowest BCUT2D eigenvalue weighted by atomic mass is 10.1. The number of benzene rings is 1. The second kappa shape index (κ2) is 6.70. The lowest BCUT2D eigenvalue weighted by Crippen LogP contribution is -2.31. The van der Waals surface area contributed by atoms with Gasteiger partial charge in [-0.1, -0.05) is 18.2 Å². The number of H-pyrrole nitrogens is 1. The Kier molecular flexibility index (Phi) is 4.70. The van der Waals surface area contributed by atoms with Gasteiger partial charge in [-0.05, 0) is 25.0 Å². The molecule has 0 atom stereocenters. The molecule has 0 saturated carbocycles. The zero-order chi connectivity index (χ0) is 14.4. The van der Waals surface area contributed by atoms with Crippen LogP contribution >= 0.6 is 0 Å². The summed E-state index contributed by atoms with van der Waals surface area (Å²) >= 11 is 0. The Bertz CT molecular complexity index is 546. The van der Waals surface area contributed by atoms with Crippen molar-refractivity contribution in [1.82, 2.24) is 20.5 Å². The van der Waals surface area contributed by atoms with E-state index in [1.54, 1.807) is 0 Å². The van der Waals surface area contributed by atoms with Crippen molar-refractivity contribution in [1.29, 1.82) is 0 Å². The number of rotatable bonds is 6. The largest absolute Gasteiger partial charge is 0.483 e. The topological polar surface area (TPSA) is 79.9 Å². The summed E-state index contributed by atoms with van der Waals surface area (Å²) in [6, 6.07) is 5.89. The second-order valence-electron chi connectivity index (χ2n) is 4.54. The average molecular weight is 274 g/mol. The summed E-state index contributed by atoms with van der Waals surface area (Å²) in [6.45, 7) is 4.44. The van der Waals surface area contributed by atoms with Gasteiger partial charge in [-0.2, -0.15) is 5.10 Å². The van der Waals surface area contributed by atoms with Crippen molar-refractivity contribution < 1.29 is 9.53 Å². The maximum Gasteiger partial charge on any atom is 0.257 e. The number of carbonyl (C=O) groups excluding carboxylic acids is 1. The molecular formula is C14H18N4O2. The zero-order valence-corrected chi connectivity index (χ0v) is 11.6. The predicted molar refractivity (Wildman–Crippen MR) is 74.5 cm³/mol. The highest BCUT2D eigenvalue weighted by Crippen LogP contribution is 2.21. The molecule has 0 unspecified atom stereocenters. The van der Waals surface area contributed by atoms with Crippen LogP contribution in [0.1, 0.15) is 17.0 Å². The minimum absolute atomic E-state index is 0.0160. The summed E-state index contributed by atoms with van der Waals surface area (Å²) in [5.74, 6) is 1.38. The van der Waals surface area contributed by atoms with Crippen LogP contribution in [0.5, 0.6) is 5.75 Å². The van der Waals surface area contributed by atoms with E-state index in [0.29, 0.717) is 13.0 Å². The molecule has 2 rings (SSSR count). The molecule has 0 bridgehead atoms. The number of amides is 1. The number of para-hydroxylation sites is 1. The summed E-state index contributed by atoms with van der Waals surface area (Å²) in [4.78, 5) is 15.7. The van der Waals surface area contributed by atoms with E-state index in [2.05, 4.69) is 20.5 Å². The molecule has 20 heavy (non-hydrogen) atoms. The molecule has 0 saturated heterocycles. The van der Waals surface area contributed by atoms with Gasteiger partial charge in [-0.15, -0.1) is 0 Å². The van der Waals surface area contributed by atoms with Crippen molar-refractivity contribution in [3.05, 3.63) is 41.5 Å². The van der Waals surface area contributed by atoms with Crippen molar-refractivity contribution in [2.24, 2.45) is 0 Å². The number of aromatic nitrogens is 3. The molecule has 0 aliphatic carbocycles. The molecule has 0 aliphatic heterocycles. The van der Waals surface area contributed by atoms with Crippen molar-refractivity contribution >= 4 is 5.91 Å². The highest BCUT2D eigenvalue weighted by Gasteiger charge is 2.07. The van der Waals surface area contributed by atoms with Crippen LogP contribution in [0, 0.1) is 13.8 Å². The third kappa shape index (κ3) is 3.81. The summed E-state index contributed by atoms with van der Waals surface area (Å²) < 4.78 is 5.57. The SMILES string of the molecule is Cc1cccc(C)c1OCC(=O)NCCc1ncn[nH]1. The van der Waals surface area contributed by atoms with Crippen LogP contribution in [0.15, 0.2) is 24.5 Å². The summed E-state index contributed by atoms with van der Waals surface area (Å²) in [5.41, 5.74) is 2.05. The first kappa shape index (κ1) is 14.0. The molecule has 0 spiro atoms. The van der Waals surface area contributed by atoms with Crippen molar-refractivity contribution in [3.8, 4) is 5.75 Å². The Morgan fingerprint density at radius 1 is 1.35 bits per heavy atom. The van der Waals surface area contributed by atoms with E-state index in [-0.39, 0.29) is 12.5 Å². The molecule has 2 aromatic rings. The van der Waals surface area contributed by atoms with Gasteiger partial charge in [0.1, 0.15) is 17.9 Å². The first-order valence-corrected chi connectivity index (χ1v) is 6.47. The molecular weight excluding hydrogens is 256 g/mol. The van der Waals surface area contributed by atoms with E-state index in [4.69, 9.17) is 4.74 Å². The third-order valence-electron chi connectivity index (χ3n) is 2.91. The second-order valence-corrected chi connectivity index (χ2v) is 4.54. The maximum atomic E-state index is 11.7. The first-order chi connectivity index (χ1) is 9.66. The standard InChI is InChI=1S/C14H18N4O2/c1-10-4-3-5-11(2)14(10)20-8-13(19)15-7-6-12-16-9-17-18-12/h3-5,9H,6-8H2,1-2H3,(H,15,19)(H,16,17,18). The Labute approximate surface area is 117 Å². The highest BCUT2D eigenvalue weighted by atomic mass is 16.5. The van der Waals surface area contributed by atoms with Gasteiger partial charge < -0.3 is 10.1 Å². The molecule has 6 nitrogen and oxygen atoms in total. The molecule has 2 N–H and O–H groups in total. The molecule has 106 valence electrons. The summed E-state index contributed by atoms with van der Waals surface area (Å²) in [7, 11) is 0. The third-order valence-corrected chi connectivity index (χ3v) is 2.91. The number of nitrogens with zero attached hydrogens (tertiary/aromatic N) is 2. The maximum absolute atomic E-state index is 11.7. The molecule has 1 amide bonds. The monoisotopic (exact) mass is 274 g/mol. The Morgan fingerprint density at radius 2 is 2.10 bits per heavy atom. The van der Waals surface area contributed by atoms with Crippen LogP contribution < -0.4 is 10.1 Å². The van der Waals surface area contributed by atoms with Gasteiger partial charge >= 0.3 is 0 Å². The van der Waals surface area contributed by atoms with E-state index in [1.807, 2.05) is 32.0 Å². The van der Waals surface area contributed by atoms with Gasteiger partial charge in [0.2, 0.25) is 0 Å². The van der Waals surface area contributed by atoms with E-state index in [9.17, 15) is 4.79 Å². The minimum Gasteiger partial charge on any atom is -0.483 e. The Morgan fingerprint density at radius 3 is 2.75 bits per heavy atom. The van der Waals surface area contributed by atoms with Crippen LogP contribution in [0.4, 0.5) is 0 Å². The Hall–Kier alpha value is -2.37. The molecule has 1 aromatic heterocycles. The predicted octanol–water partition coefficient (Wildman–Crippen LogP) is 1.16. The van der Waals surface area contributed by atoms with Crippen LogP contribution in [0.25, 0.3) is 0 Å². The fraction of sp³-hybridized carbons (Fsp3) is 0.357. The van der Waals surface area contributed by atoms with Gasteiger partial charge in [-0.3, -0.25) is 9.89 Å². The highest BCUT2D eigenvalue weighted by molar-refractivity contribution is 5.77. The van der Waals surface area contributed by atoms with Crippen LogP contribution in [-0.2, 0) is 11.2 Å². The van der Waals surface area contributed by atoms with Crippen molar-refractivity contribution in [2.75, 3.05) is 13.2 Å². The lowest BCUT2D eigenvalue weighted by Gasteiger charge is -2.11. The van der Waals surface area contributed by atoms with Crippen molar-refractivity contribution in [3.63, 3.8) is 0 Å². The van der Waals surface area contributed by atoms with E-state index in [1.165, 1.54) is 6.33 Å². The minimum atomic E-state index is -0.146. The number of hydrogen-bond donors (Lipinski definition) is 2. The fourth-order valence-corrected chi connectivity index (χ4v) is 1.89. The summed E-state index contributed by atoms with van der Waals surface area (Å²) in [6.07, 6.45) is 2.07. The van der Waals surface area contributed by atoms with E-state index in [0.717, 1.165) is 22.7 Å². The molecule has 0 radical (unpaired) electrons. The average Bonchev–Trinajstić information content (AvgIpc) is 2.91. The van der Waals surface area contributed by atoms with Crippen LogP contribution in [-0.4, -0.2) is 34.2 Å². The molecule has 0 fully saturated rings. The number of nitrogens with one attached hydrogen (secondary N) is 2.